The molecule has 3 N–H and O–H groups in total. The van der Waals surface area contributed by atoms with Crippen molar-refractivity contribution in [3.63, 3.8) is 0 Å². The Morgan fingerprint density at radius 2 is 2.00 bits per heavy atom. The van der Waals surface area contributed by atoms with Gasteiger partial charge in [-0.1, -0.05) is 18.2 Å². The fourth-order valence-electron chi connectivity index (χ4n) is 2.30. The molecule has 1 heterocycles. The molecule has 3 nitrogen and oxygen atoms in total. The molecule has 0 spiro atoms. The molecule has 2 rings (SSSR count). The highest BCUT2D eigenvalue weighted by Gasteiger charge is 2.10. The highest BCUT2D eigenvalue weighted by Crippen LogP contribution is 2.17. The number of nitrogen functional groups attached to an aromatic ring is 1. The van der Waals surface area contributed by atoms with Gasteiger partial charge in [0.1, 0.15) is 0 Å². The molecule has 0 radical (unpaired) electrons. The van der Waals surface area contributed by atoms with Crippen molar-refractivity contribution in [3.05, 3.63) is 51.7 Å². The first-order valence-corrected chi connectivity index (χ1v) is 8.04. The molecule has 120 valence electrons. The predicted octanol–water partition coefficient (Wildman–Crippen LogP) is 3.74. The first kappa shape index (κ1) is 18.5. The number of amides is 1. The van der Waals surface area contributed by atoms with Gasteiger partial charge in [0.15, 0.2) is 0 Å². The van der Waals surface area contributed by atoms with Crippen LogP contribution in [0.4, 0.5) is 5.69 Å². The van der Waals surface area contributed by atoms with Crippen molar-refractivity contribution in [2.24, 2.45) is 0 Å². The average Bonchev–Trinajstić information content (AvgIpc) is 2.83. The summed E-state index contributed by atoms with van der Waals surface area (Å²) in [5, 5.41) is 3.05. The van der Waals surface area contributed by atoms with E-state index in [9.17, 15) is 4.79 Å². The minimum absolute atomic E-state index is 0. The number of halogens is 1. The molecule has 1 unspecified atom stereocenters. The van der Waals surface area contributed by atoms with E-state index in [1.54, 1.807) is 11.3 Å². The molecule has 0 fully saturated rings. The summed E-state index contributed by atoms with van der Waals surface area (Å²) >= 11 is 1.79. The van der Waals surface area contributed by atoms with E-state index in [0.717, 1.165) is 17.7 Å². The maximum atomic E-state index is 12.0. The maximum absolute atomic E-state index is 12.0. The van der Waals surface area contributed by atoms with Crippen LogP contribution in [-0.4, -0.2) is 11.9 Å². The summed E-state index contributed by atoms with van der Waals surface area (Å²) in [6, 6.07) is 12.1. The molecule has 22 heavy (non-hydrogen) atoms. The highest BCUT2D eigenvalue weighted by atomic mass is 35.5. The molecule has 1 amide bonds. The zero-order valence-electron chi connectivity index (χ0n) is 13.0. The average molecular weight is 339 g/mol. The predicted molar refractivity (Wildman–Crippen MR) is 96.8 cm³/mol. The topological polar surface area (TPSA) is 55.1 Å². The van der Waals surface area contributed by atoms with Gasteiger partial charge in [-0.05, 0) is 44.0 Å². The minimum atomic E-state index is 0. The minimum Gasteiger partial charge on any atom is -0.399 e. The lowest BCUT2D eigenvalue weighted by Gasteiger charge is -2.13. The van der Waals surface area contributed by atoms with Gasteiger partial charge in [0.25, 0.3) is 0 Å². The Labute approximate surface area is 142 Å². The third kappa shape index (κ3) is 5.70. The van der Waals surface area contributed by atoms with Crippen molar-refractivity contribution in [2.75, 3.05) is 5.73 Å². The Morgan fingerprint density at radius 1 is 1.27 bits per heavy atom. The molecule has 0 aliphatic heterocycles. The molecule has 5 heteroatoms. The van der Waals surface area contributed by atoms with Crippen LogP contribution in [0.5, 0.6) is 0 Å². The van der Waals surface area contributed by atoms with Crippen molar-refractivity contribution >= 4 is 35.3 Å². The Morgan fingerprint density at radius 3 is 2.64 bits per heavy atom. The van der Waals surface area contributed by atoms with Gasteiger partial charge in [-0.15, -0.1) is 23.7 Å². The third-order valence-electron chi connectivity index (χ3n) is 3.39. The second-order valence-corrected chi connectivity index (χ2v) is 6.76. The van der Waals surface area contributed by atoms with Crippen molar-refractivity contribution < 1.29 is 4.79 Å². The van der Waals surface area contributed by atoms with Gasteiger partial charge in [-0.25, -0.2) is 0 Å². The highest BCUT2D eigenvalue weighted by molar-refractivity contribution is 7.11. The normalized spacial score (nSPS) is 11.5. The number of benzene rings is 1. The maximum Gasteiger partial charge on any atom is 0.220 e. The van der Waals surface area contributed by atoms with Crippen molar-refractivity contribution in [3.8, 4) is 0 Å². The molecule has 0 aliphatic rings. The van der Waals surface area contributed by atoms with Crippen LogP contribution in [0.2, 0.25) is 0 Å². The van der Waals surface area contributed by atoms with E-state index in [2.05, 4.69) is 24.4 Å². The second-order valence-electron chi connectivity index (χ2n) is 5.38. The molecule has 0 saturated carbocycles. The monoisotopic (exact) mass is 338 g/mol. The van der Waals surface area contributed by atoms with Gasteiger partial charge in [0.2, 0.25) is 5.91 Å². The van der Waals surface area contributed by atoms with E-state index >= 15 is 0 Å². The van der Waals surface area contributed by atoms with Crippen LogP contribution in [0.1, 0.15) is 28.7 Å². The quantitative estimate of drug-likeness (QED) is 0.788. The van der Waals surface area contributed by atoms with E-state index in [1.165, 1.54) is 9.75 Å². The van der Waals surface area contributed by atoms with Crippen molar-refractivity contribution in [2.45, 2.75) is 39.2 Å². The summed E-state index contributed by atoms with van der Waals surface area (Å²) in [6.07, 6.45) is 2.04. The summed E-state index contributed by atoms with van der Waals surface area (Å²) in [5.74, 6) is 0.0824. The van der Waals surface area contributed by atoms with Crippen LogP contribution in [0.3, 0.4) is 0 Å². The van der Waals surface area contributed by atoms with Gasteiger partial charge in [-0.2, -0.15) is 0 Å². The molecule has 1 aromatic carbocycles. The van der Waals surface area contributed by atoms with Crippen LogP contribution >= 0.6 is 23.7 Å². The Balaban J connectivity index is 0.00000242. The van der Waals surface area contributed by atoms with Crippen molar-refractivity contribution in [1.29, 1.82) is 0 Å². The lowest BCUT2D eigenvalue weighted by atomic mass is 10.1. The fourth-order valence-corrected chi connectivity index (χ4v) is 3.32. The zero-order chi connectivity index (χ0) is 15.2. The van der Waals surface area contributed by atoms with Crippen LogP contribution < -0.4 is 11.1 Å². The summed E-state index contributed by atoms with van der Waals surface area (Å²) < 4.78 is 0. The second kappa shape index (κ2) is 8.81. The first-order valence-electron chi connectivity index (χ1n) is 7.22. The standard InChI is InChI=1S/C17H22N2OS.ClH/c1-12(11-15-9-7-13(2)21-15)19-17(20)10-8-14-5-3-4-6-16(14)18;/h3-7,9,12H,8,10-11,18H2,1-2H3,(H,19,20);1H. The number of carbonyl (C=O) groups is 1. The number of nitrogens with two attached hydrogens (primary N) is 1. The number of nitrogens with one attached hydrogen (secondary N) is 1. The van der Waals surface area contributed by atoms with E-state index in [-0.39, 0.29) is 24.4 Å². The number of aryl methyl sites for hydroxylation is 2. The lowest BCUT2D eigenvalue weighted by molar-refractivity contribution is -0.121. The Hall–Kier alpha value is -1.52. The third-order valence-corrected chi connectivity index (χ3v) is 4.41. The number of anilines is 1. The van der Waals surface area contributed by atoms with E-state index < -0.39 is 0 Å². The molecule has 0 aliphatic carbocycles. The number of thiophene rings is 1. The van der Waals surface area contributed by atoms with Gasteiger partial charge in [0.05, 0.1) is 0 Å². The number of rotatable bonds is 6. The Bertz CT molecular complexity index is 612. The van der Waals surface area contributed by atoms with Gasteiger partial charge in [0, 0.05) is 34.3 Å². The molecule has 2 aromatic rings. The smallest absolute Gasteiger partial charge is 0.220 e. The van der Waals surface area contributed by atoms with Crippen LogP contribution in [0.25, 0.3) is 0 Å². The van der Waals surface area contributed by atoms with E-state index in [1.807, 2.05) is 31.2 Å². The summed E-state index contributed by atoms with van der Waals surface area (Å²) in [5.41, 5.74) is 7.68. The van der Waals surface area contributed by atoms with Crippen molar-refractivity contribution in [1.82, 2.24) is 5.32 Å². The number of hydrogen-bond donors (Lipinski definition) is 2. The molecule has 0 saturated heterocycles. The molecular weight excluding hydrogens is 316 g/mol. The number of carbonyl (C=O) groups excluding carboxylic acids is 1. The molecule has 1 atom stereocenters. The van der Waals surface area contributed by atoms with Crippen LogP contribution in [0, 0.1) is 6.92 Å². The zero-order valence-corrected chi connectivity index (χ0v) is 14.6. The summed E-state index contributed by atoms with van der Waals surface area (Å²) in [7, 11) is 0. The summed E-state index contributed by atoms with van der Waals surface area (Å²) in [6.45, 7) is 4.14. The number of para-hydroxylation sites is 1. The largest absolute Gasteiger partial charge is 0.399 e. The van der Waals surface area contributed by atoms with Gasteiger partial charge >= 0.3 is 0 Å². The fraction of sp³-hybridized carbons (Fsp3) is 0.353. The molecule has 0 bridgehead atoms. The molecule has 1 aromatic heterocycles. The summed E-state index contributed by atoms with van der Waals surface area (Å²) in [4.78, 5) is 14.6. The van der Waals surface area contributed by atoms with E-state index in [4.69, 9.17) is 5.73 Å². The first-order chi connectivity index (χ1) is 10.0. The van der Waals surface area contributed by atoms with Crippen LogP contribution in [0.15, 0.2) is 36.4 Å². The molecular formula is C17H23ClN2OS. The van der Waals surface area contributed by atoms with Crippen LogP contribution in [-0.2, 0) is 17.6 Å². The van der Waals surface area contributed by atoms with E-state index in [0.29, 0.717) is 12.8 Å². The van der Waals surface area contributed by atoms with Gasteiger partial charge < -0.3 is 11.1 Å². The number of hydrogen-bond acceptors (Lipinski definition) is 3. The SMILES string of the molecule is Cc1ccc(CC(C)NC(=O)CCc2ccccc2N)s1.Cl. The Kier molecular flexibility index (Phi) is 7.42. The van der Waals surface area contributed by atoms with Gasteiger partial charge in [-0.3, -0.25) is 4.79 Å². The lowest BCUT2D eigenvalue weighted by Crippen LogP contribution is -2.34.